The van der Waals surface area contributed by atoms with E-state index in [1.165, 1.54) is 6.07 Å². The van der Waals surface area contributed by atoms with Crippen molar-refractivity contribution in [1.29, 1.82) is 0 Å². The summed E-state index contributed by atoms with van der Waals surface area (Å²) in [5.41, 5.74) is 7.35. The van der Waals surface area contributed by atoms with Crippen molar-refractivity contribution in [1.82, 2.24) is 4.90 Å². The average Bonchev–Trinajstić information content (AvgIpc) is 2.69. The standard InChI is InChI=1S/C23H27FN2O2/c1-2-6-21(27)26-14-5-13-23(16-26,22(25)28)15-17-9-11-18(12-10-17)19-7-3-4-8-20(19)24/h3-4,7-12H,2,5-6,13-16H2,1H3,(H2,25,28)/t23-/m0/s1. The van der Waals surface area contributed by atoms with Crippen molar-refractivity contribution in [3.63, 3.8) is 0 Å². The molecule has 0 bridgehead atoms. The molecule has 148 valence electrons. The van der Waals surface area contributed by atoms with E-state index < -0.39 is 5.41 Å². The minimum Gasteiger partial charge on any atom is -0.369 e. The predicted molar refractivity (Wildman–Crippen MR) is 108 cm³/mol. The lowest BCUT2D eigenvalue weighted by Crippen LogP contribution is -2.53. The zero-order valence-electron chi connectivity index (χ0n) is 16.3. The van der Waals surface area contributed by atoms with Crippen molar-refractivity contribution in [2.75, 3.05) is 13.1 Å². The monoisotopic (exact) mass is 382 g/mol. The van der Waals surface area contributed by atoms with Gasteiger partial charge in [0.05, 0.1) is 5.41 Å². The zero-order chi connectivity index (χ0) is 20.1. The quantitative estimate of drug-likeness (QED) is 0.823. The van der Waals surface area contributed by atoms with E-state index in [9.17, 15) is 14.0 Å². The third kappa shape index (κ3) is 4.24. The fourth-order valence-corrected chi connectivity index (χ4v) is 4.04. The highest BCUT2D eigenvalue weighted by atomic mass is 19.1. The number of piperidine rings is 1. The summed E-state index contributed by atoms with van der Waals surface area (Å²) < 4.78 is 14.0. The van der Waals surface area contributed by atoms with Gasteiger partial charge in [-0.3, -0.25) is 9.59 Å². The highest BCUT2D eigenvalue weighted by Gasteiger charge is 2.42. The number of hydrogen-bond acceptors (Lipinski definition) is 2. The molecule has 0 aliphatic carbocycles. The van der Waals surface area contributed by atoms with Crippen LogP contribution in [0.4, 0.5) is 4.39 Å². The number of nitrogens with two attached hydrogens (primary N) is 1. The molecule has 0 unspecified atom stereocenters. The fraction of sp³-hybridized carbons (Fsp3) is 0.391. The van der Waals surface area contributed by atoms with Crippen LogP contribution in [0.15, 0.2) is 48.5 Å². The molecule has 2 aromatic carbocycles. The first-order valence-corrected chi connectivity index (χ1v) is 9.87. The first kappa shape index (κ1) is 20.1. The Labute approximate surface area is 165 Å². The molecule has 5 heteroatoms. The van der Waals surface area contributed by atoms with Gasteiger partial charge in [-0.1, -0.05) is 49.4 Å². The Morgan fingerprint density at radius 2 is 1.86 bits per heavy atom. The van der Waals surface area contributed by atoms with Crippen LogP contribution in [-0.4, -0.2) is 29.8 Å². The van der Waals surface area contributed by atoms with Gasteiger partial charge in [0.1, 0.15) is 5.82 Å². The number of primary amides is 1. The third-order valence-corrected chi connectivity index (χ3v) is 5.60. The van der Waals surface area contributed by atoms with E-state index in [1.807, 2.05) is 31.2 Å². The maximum atomic E-state index is 14.0. The number of carbonyl (C=O) groups excluding carboxylic acids is 2. The molecule has 1 atom stereocenters. The summed E-state index contributed by atoms with van der Waals surface area (Å²) in [6.07, 6.45) is 3.21. The Morgan fingerprint density at radius 1 is 1.14 bits per heavy atom. The molecular weight excluding hydrogens is 355 g/mol. The third-order valence-electron chi connectivity index (χ3n) is 5.60. The Bertz CT molecular complexity index is 850. The van der Waals surface area contributed by atoms with Crippen molar-refractivity contribution in [3.8, 4) is 11.1 Å². The van der Waals surface area contributed by atoms with Crippen LogP contribution in [-0.2, 0) is 16.0 Å². The van der Waals surface area contributed by atoms with Gasteiger partial charge in [-0.2, -0.15) is 0 Å². The van der Waals surface area contributed by atoms with Gasteiger partial charge >= 0.3 is 0 Å². The molecule has 1 aliphatic heterocycles. The van der Waals surface area contributed by atoms with E-state index in [0.29, 0.717) is 37.9 Å². The molecule has 2 N–H and O–H groups in total. The van der Waals surface area contributed by atoms with E-state index in [1.54, 1.807) is 23.1 Å². The number of halogens is 1. The largest absolute Gasteiger partial charge is 0.369 e. The molecule has 0 aromatic heterocycles. The Balaban J connectivity index is 1.80. The number of amides is 2. The Kier molecular flexibility index (Phi) is 6.12. The van der Waals surface area contributed by atoms with Crippen LogP contribution >= 0.6 is 0 Å². The Morgan fingerprint density at radius 3 is 2.50 bits per heavy atom. The molecule has 0 radical (unpaired) electrons. The van der Waals surface area contributed by atoms with Gasteiger partial charge in [-0.05, 0) is 42.9 Å². The summed E-state index contributed by atoms with van der Waals surface area (Å²) in [5, 5.41) is 0. The molecule has 28 heavy (non-hydrogen) atoms. The lowest BCUT2D eigenvalue weighted by atomic mass is 9.74. The van der Waals surface area contributed by atoms with E-state index in [0.717, 1.165) is 24.0 Å². The smallest absolute Gasteiger partial charge is 0.225 e. The average molecular weight is 382 g/mol. The molecule has 1 fully saturated rings. The van der Waals surface area contributed by atoms with Gasteiger partial charge in [0, 0.05) is 25.1 Å². The summed E-state index contributed by atoms with van der Waals surface area (Å²) in [4.78, 5) is 26.5. The number of nitrogens with zero attached hydrogens (tertiary/aromatic N) is 1. The second kappa shape index (κ2) is 8.55. The van der Waals surface area contributed by atoms with Gasteiger partial charge in [-0.25, -0.2) is 4.39 Å². The molecule has 0 spiro atoms. The zero-order valence-corrected chi connectivity index (χ0v) is 16.3. The summed E-state index contributed by atoms with van der Waals surface area (Å²) in [6, 6.07) is 14.2. The number of rotatable bonds is 6. The molecule has 0 saturated carbocycles. The minimum absolute atomic E-state index is 0.0859. The summed E-state index contributed by atoms with van der Waals surface area (Å²) in [5.74, 6) is -0.538. The SMILES string of the molecule is CCCC(=O)N1CCC[C@@](Cc2ccc(-c3ccccc3F)cc2)(C(N)=O)C1. The fourth-order valence-electron chi connectivity index (χ4n) is 4.04. The number of benzene rings is 2. The van der Waals surface area contributed by atoms with Gasteiger partial charge in [0.2, 0.25) is 11.8 Å². The minimum atomic E-state index is -0.749. The van der Waals surface area contributed by atoms with Crippen LogP contribution < -0.4 is 5.73 Å². The van der Waals surface area contributed by atoms with Gasteiger partial charge < -0.3 is 10.6 Å². The maximum Gasteiger partial charge on any atom is 0.225 e. The number of hydrogen-bond donors (Lipinski definition) is 1. The first-order valence-electron chi connectivity index (χ1n) is 9.87. The van der Waals surface area contributed by atoms with Crippen molar-refractivity contribution in [2.24, 2.45) is 11.1 Å². The van der Waals surface area contributed by atoms with Crippen LogP contribution in [0.1, 0.15) is 38.2 Å². The molecule has 3 rings (SSSR count). The molecule has 2 amide bonds. The number of likely N-dealkylation sites (tertiary alicyclic amines) is 1. The lowest BCUT2D eigenvalue weighted by molar-refractivity contribution is -0.140. The van der Waals surface area contributed by atoms with Crippen molar-refractivity contribution < 1.29 is 14.0 Å². The van der Waals surface area contributed by atoms with Gasteiger partial charge in [-0.15, -0.1) is 0 Å². The summed E-state index contributed by atoms with van der Waals surface area (Å²) in [7, 11) is 0. The van der Waals surface area contributed by atoms with Gasteiger partial charge in [0.15, 0.2) is 0 Å². The van der Waals surface area contributed by atoms with Crippen LogP contribution in [0.2, 0.25) is 0 Å². The van der Waals surface area contributed by atoms with Crippen molar-refractivity contribution in [2.45, 2.75) is 39.0 Å². The predicted octanol–water partition coefficient (Wildman–Crippen LogP) is 3.93. The highest BCUT2D eigenvalue weighted by Crippen LogP contribution is 2.34. The highest BCUT2D eigenvalue weighted by molar-refractivity contribution is 5.83. The van der Waals surface area contributed by atoms with Gasteiger partial charge in [0.25, 0.3) is 0 Å². The van der Waals surface area contributed by atoms with Crippen LogP contribution in [0.3, 0.4) is 0 Å². The lowest BCUT2D eigenvalue weighted by Gasteiger charge is -2.41. The van der Waals surface area contributed by atoms with Crippen LogP contribution in [0.25, 0.3) is 11.1 Å². The van der Waals surface area contributed by atoms with Crippen molar-refractivity contribution >= 4 is 11.8 Å². The van der Waals surface area contributed by atoms with Crippen LogP contribution in [0.5, 0.6) is 0 Å². The molecule has 4 nitrogen and oxygen atoms in total. The molecule has 1 saturated heterocycles. The van der Waals surface area contributed by atoms with E-state index in [-0.39, 0.29) is 17.6 Å². The molecular formula is C23H27FN2O2. The van der Waals surface area contributed by atoms with E-state index in [4.69, 9.17) is 5.73 Å². The molecule has 1 aliphatic rings. The second-order valence-corrected chi connectivity index (χ2v) is 7.67. The summed E-state index contributed by atoms with van der Waals surface area (Å²) >= 11 is 0. The normalized spacial score (nSPS) is 19.4. The molecule has 1 heterocycles. The van der Waals surface area contributed by atoms with E-state index in [2.05, 4.69) is 0 Å². The van der Waals surface area contributed by atoms with Crippen molar-refractivity contribution in [3.05, 3.63) is 59.9 Å². The Hall–Kier alpha value is -2.69. The summed E-state index contributed by atoms with van der Waals surface area (Å²) in [6.45, 7) is 3.02. The maximum absolute atomic E-state index is 14.0. The number of carbonyl (C=O) groups is 2. The van der Waals surface area contributed by atoms with E-state index >= 15 is 0 Å². The molecule has 2 aromatic rings. The second-order valence-electron chi connectivity index (χ2n) is 7.67. The first-order chi connectivity index (χ1) is 13.4. The topological polar surface area (TPSA) is 63.4 Å². The van der Waals surface area contributed by atoms with Crippen LogP contribution in [0, 0.1) is 11.2 Å².